The molecular weight excluding hydrogens is 404 g/mol. The molecule has 0 aliphatic rings. The summed E-state index contributed by atoms with van der Waals surface area (Å²) in [5, 5.41) is 5.67. The van der Waals surface area contributed by atoms with Crippen LogP contribution >= 0.6 is 11.8 Å². The molecule has 2 amide bonds. The van der Waals surface area contributed by atoms with Crippen molar-refractivity contribution in [3.63, 3.8) is 0 Å². The zero-order valence-electron chi connectivity index (χ0n) is 17.5. The summed E-state index contributed by atoms with van der Waals surface area (Å²) in [6, 6.07) is 12.5. The quantitative estimate of drug-likeness (QED) is 0.394. The van der Waals surface area contributed by atoms with Gasteiger partial charge in [0.25, 0.3) is 5.91 Å². The molecule has 0 atom stereocenters. The van der Waals surface area contributed by atoms with Crippen molar-refractivity contribution < 1.29 is 23.8 Å². The van der Waals surface area contributed by atoms with Gasteiger partial charge in [0, 0.05) is 24.6 Å². The van der Waals surface area contributed by atoms with E-state index in [0.717, 1.165) is 4.90 Å². The Kier molecular flexibility index (Phi) is 10.0. The molecule has 0 saturated heterocycles. The predicted molar refractivity (Wildman–Crippen MR) is 119 cm³/mol. The number of hydrogen-bond donors (Lipinski definition) is 2. The van der Waals surface area contributed by atoms with Crippen LogP contribution < -0.4 is 20.1 Å². The fourth-order valence-electron chi connectivity index (χ4n) is 2.60. The topological polar surface area (TPSA) is 85.9 Å². The molecule has 0 fully saturated rings. The van der Waals surface area contributed by atoms with E-state index >= 15 is 0 Å². The first kappa shape index (κ1) is 23.6. The third kappa shape index (κ3) is 7.27. The van der Waals surface area contributed by atoms with Crippen molar-refractivity contribution in [1.82, 2.24) is 5.32 Å². The number of carbonyl (C=O) groups excluding carboxylic acids is 2. The van der Waals surface area contributed by atoms with E-state index in [9.17, 15) is 9.59 Å². The summed E-state index contributed by atoms with van der Waals surface area (Å²) in [4.78, 5) is 25.7. The second-order valence-electron chi connectivity index (χ2n) is 6.11. The van der Waals surface area contributed by atoms with Gasteiger partial charge < -0.3 is 24.8 Å². The molecule has 2 rings (SSSR count). The van der Waals surface area contributed by atoms with E-state index < -0.39 is 0 Å². The zero-order valence-corrected chi connectivity index (χ0v) is 18.3. The smallest absolute Gasteiger partial charge is 0.256 e. The number of ether oxygens (including phenoxy) is 3. The number of benzene rings is 2. The van der Waals surface area contributed by atoms with Crippen LogP contribution in [0.5, 0.6) is 11.5 Å². The molecule has 30 heavy (non-hydrogen) atoms. The van der Waals surface area contributed by atoms with E-state index in [1.165, 1.54) is 11.8 Å². The number of amides is 2. The highest BCUT2D eigenvalue weighted by atomic mass is 32.2. The maximum Gasteiger partial charge on any atom is 0.256 e. The van der Waals surface area contributed by atoms with Gasteiger partial charge in [-0.25, -0.2) is 0 Å². The largest absolute Gasteiger partial charge is 0.494 e. The summed E-state index contributed by atoms with van der Waals surface area (Å²) in [7, 11) is 1.58. The lowest BCUT2D eigenvalue weighted by molar-refractivity contribution is -0.118. The number of carbonyl (C=O) groups is 2. The highest BCUT2D eigenvalue weighted by molar-refractivity contribution is 8.00. The van der Waals surface area contributed by atoms with Crippen LogP contribution in [0, 0.1) is 0 Å². The molecule has 2 N–H and O–H groups in total. The minimum atomic E-state index is -0.285. The van der Waals surface area contributed by atoms with Gasteiger partial charge >= 0.3 is 0 Å². The van der Waals surface area contributed by atoms with Crippen LogP contribution in [0.15, 0.2) is 47.4 Å². The van der Waals surface area contributed by atoms with Crippen LogP contribution in [0.1, 0.15) is 24.2 Å². The molecular formula is C22H28N2O5S. The fourth-order valence-corrected chi connectivity index (χ4v) is 3.48. The Morgan fingerprint density at radius 2 is 1.80 bits per heavy atom. The summed E-state index contributed by atoms with van der Waals surface area (Å²) >= 11 is 1.31. The molecule has 0 saturated carbocycles. The third-order valence-electron chi connectivity index (χ3n) is 3.93. The number of thioether (sulfide) groups is 1. The molecule has 2 aromatic carbocycles. The van der Waals surface area contributed by atoms with Crippen LogP contribution in [0.4, 0.5) is 5.69 Å². The first-order chi connectivity index (χ1) is 14.6. The third-order valence-corrected chi connectivity index (χ3v) is 5.00. The molecule has 0 aromatic heterocycles. The lowest BCUT2D eigenvalue weighted by atomic mass is 10.2. The lowest BCUT2D eigenvalue weighted by Gasteiger charge is -2.15. The highest BCUT2D eigenvalue weighted by Crippen LogP contribution is 2.31. The van der Waals surface area contributed by atoms with E-state index in [1.54, 1.807) is 37.4 Å². The molecule has 2 aromatic rings. The summed E-state index contributed by atoms with van der Waals surface area (Å²) < 4.78 is 16.1. The van der Waals surface area contributed by atoms with Crippen molar-refractivity contribution in [2.75, 3.05) is 44.5 Å². The van der Waals surface area contributed by atoms with Gasteiger partial charge in [-0.3, -0.25) is 9.59 Å². The Bertz CT molecular complexity index is 844. The van der Waals surface area contributed by atoms with E-state index in [0.29, 0.717) is 49.1 Å². The molecule has 8 heteroatoms. The molecule has 0 aliphatic heterocycles. The second-order valence-corrected chi connectivity index (χ2v) is 7.12. The SMILES string of the molecule is CCOc1ccc(OCC)c(NC(=O)c2ccccc2SCC(=O)NCCOC)c1. The molecule has 7 nitrogen and oxygen atoms in total. The van der Waals surface area contributed by atoms with Crippen LogP contribution in [-0.4, -0.2) is 51.0 Å². The van der Waals surface area contributed by atoms with Gasteiger partial charge in [-0.2, -0.15) is 0 Å². The number of methoxy groups -OCH3 is 1. The first-order valence-corrected chi connectivity index (χ1v) is 10.8. The Morgan fingerprint density at radius 3 is 2.53 bits per heavy atom. The molecule has 0 heterocycles. The standard InChI is InChI=1S/C22H28N2O5S/c1-4-28-16-10-11-19(29-5-2)18(14-16)24-22(26)17-8-6-7-9-20(17)30-15-21(25)23-12-13-27-3/h6-11,14H,4-5,12-13,15H2,1-3H3,(H,23,25)(H,24,26). The van der Waals surface area contributed by atoms with E-state index in [2.05, 4.69) is 10.6 Å². The zero-order chi connectivity index (χ0) is 21.8. The Morgan fingerprint density at radius 1 is 1.03 bits per heavy atom. The molecule has 162 valence electrons. The minimum absolute atomic E-state index is 0.115. The average molecular weight is 433 g/mol. The van der Waals surface area contributed by atoms with Crippen LogP contribution in [0.25, 0.3) is 0 Å². The van der Waals surface area contributed by atoms with E-state index in [-0.39, 0.29) is 17.6 Å². The van der Waals surface area contributed by atoms with Gasteiger partial charge in [0.2, 0.25) is 5.91 Å². The van der Waals surface area contributed by atoms with Gasteiger partial charge in [0.05, 0.1) is 36.8 Å². The van der Waals surface area contributed by atoms with Crippen molar-refractivity contribution >= 4 is 29.3 Å². The molecule has 0 radical (unpaired) electrons. The lowest BCUT2D eigenvalue weighted by Crippen LogP contribution is -2.28. The van der Waals surface area contributed by atoms with Gasteiger partial charge in [0.15, 0.2) is 0 Å². The van der Waals surface area contributed by atoms with Crippen LogP contribution in [0.3, 0.4) is 0 Å². The maximum absolute atomic E-state index is 13.0. The highest BCUT2D eigenvalue weighted by Gasteiger charge is 2.16. The maximum atomic E-state index is 13.0. The van der Waals surface area contributed by atoms with Gasteiger partial charge in [-0.1, -0.05) is 12.1 Å². The van der Waals surface area contributed by atoms with Crippen LogP contribution in [-0.2, 0) is 9.53 Å². The minimum Gasteiger partial charge on any atom is -0.494 e. The normalized spacial score (nSPS) is 10.4. The molecule has 0 spiro atoms. The number of nitrogens with one attached hydrogen (secondary N) is 2. The second kappa shape index (κ2) is 12.8. The van der Waals surface area contributed by atoms with E-state index in [1.807, 2.05) is 26.0 Å². The number of hydrogen-bond acceptors (Lipinski definition) is 6. The number of rotatable bonds is 12. The molecule has 0 aliphatic carbocycles. The van der Waals surface area contributed by atoms with Gasteiger partial charge in [-0.05, 0) is 38.1 Å². The van der Waals surface area contributed by atoms with Crippen molar-refractivity contribution in [2.24, 2.45) is 0 Å². The van der Waals surface area contributed by atoms with Crippen molar-refractivity contribution in [2.45, 2.75) is 18.7 Å². The fraction of sp³-hybridized carbons (Fsp3) is 0.364. The monoisotopic (exact) mass is 432 g/mol. The summed E-state index contributed by atoms with van der Waals surface area (Å²) in [5.74, 6) is 1.02. The van der Waals surface area contributed by atoms with Crippen molar-refractivity contribution in [3.8, 4) is 11.5 Å². The Hall–Kier alpha value is -2.71. The van der Waals surface area contributed by atoms with Crippen molar-refractivity contribution in [1.29, 1.82) is 0 Å². The Labute approximate surface area is 181 Å². The Balaban J connectivity index is 2.12. The van der Waals surface area contributed by atoms with Gasteiger partial charge in [-0.15, -0.1) is 11.8 Å². The summed E-state index contributed by atoms with van der Waals surface area (Å²) in [6.45, 7) is 5.68. The number of anilines is 1. The summed E-state index contributed by atoms with van der Waals surface area (Å²) in [6.07, 6.45) is 0. The predicted octanol–water partition coefficient (Wildman–Crippen LogP) is 3.59. The van der Waals surface area contributed by atoms with Crippen molar-refractivity contribution in [3.05, 3.63) is 48.0 Å². The first-order valence-electron chi connectivity index (χ1n) is 9.77. The molecule has 0 unspecified atom stereocenters. The van der Waals surface area contributed by atoms with Crippen LogP contribution in [0.2, 0.25) is 0 Å². The van der Waals surface area contributed by atoms with E-state index in [4.69, 9.17) is 14.2 Å². The van der Waals surface area contributed by atoms with Gasteiger partial charge in [0.1, 0.15) is 11.5 Å². The average Bonchev–Trinajstić information content (AvgIpc) is 2.75. The molecule has 0 bridgehead atoms. The summed E-state index contributed by atoms with van der Waals surface area (Å²) in [5.41, 5.74) is 1.02.